The van der Waals surface area contributed by atoms with Crippen molar-refractivity contribution in [2.24, 2.45) is 4.99 Å². The second-order valence-electron chi connectivity index (χ2n) is 5.64. The van der Waals surface area contributed by atoms with Crippen molar-refractivity contribution in [1.29, 1.82) is 10.5 Å². The lowest BCUT2D eigenvalue weighted by atomic mass is 10.1. The van der Waals surface area contributed by atoms with Crippen LogP contribution in [-0.4, -0.2) is 23.2 Å². The van der Waals surface area contributed by atoms with Crippen LogP contribution >= 0.6 is 11.3 Å². The van der Waals surface area contributed by atoms with Crippen LogP contribution in [-0.2, 0) is 4.74 Å². The van der Waals surface area contributed by atoms with Crippen LogP contribution < -0.4 is 4.90 Å². The molecule has 0 unspecified atom stereocenters. The van der Waals surface area contributed by atoms with Gasteiger partial charge in [-0.05, 0) is 26.0 Å². The smallest absolute Gasteiger partial charge is 0.309 e. The van der Waals surface area contributed by atoms with E-state index in [1.54, 1.807) is 18.3 Å². The van der Waals surface area contributed by atoms with Crippen molar-refractivity contribution < 1.29 is 4.74 Å². The first-order chi connectivity index (χ1) is 11.0. The Balaban J connectivity index is 1.96. The summed E-state index contributed by atoms with van der Waals surface area (Å²) in [5.41, 5.74) is 2.04. The third kappa shape index (κ3) is 2.75. The Labute approximate surface area is 137 Å². The number of thiazole rings is 1. The normalized spacial score (nSPS) is 17.6. The summed E-state index contributed by atoms with van der Waals surface area (Å²) in [5.74, 6) is 0. The van der Waals surface area contributed by atoms with Crippen LogP contribution in [0.4, 0.5) is 5.13 Å². The third-order valence-electron chi connectivity index (χ3n) is 3.49. The van der Waals surface area contributed by atoms with Gasteiger partial charge in [-0.25, -0.2) is 4.98 Å². The zero-order valence-electron chi connectivity index (χ0n) is 12.6. The number of aromatic nitrogens is 1. The SMILES string of the molecule is CC1(C)CO/C(=N\C#N)N1c1nc(-c2ccc(C#N)cc2)cs1. The first-order valence-electron chi connectivity index (χ1n) is 6.91. The highest BCUT2D eigenvalue weighted by Gasteiger charge is 2.41. The fourth-order valence-electron chi connectivity index (χ4n) is 2.31. The van der Waals surface area contributed by atoms with Gasteiger partial charge in [-0.2, -0.15) is 10.5 Å². The van der Waals surface area contributed by atoms with E-state index in [2.05, 4.69) is 16.0 Å². The van der Waals surface area contributed by atoms with Crippen molar-refractivity contribution in [3.8, 4) is 23.5 Å². The van der Waals surface area contributed by atoms with E-state index in [0.29, 0.717) is 12.2 Å². The van der Waals surface area contributed by atoms with Crippen molar-refractivity contribution in [2.75, 3.05) is 11.5 Å². The first-order valence-corrected chi connectivity index (χ1v) is 7.79. The maximum Gasteiger partial charge on any atom is 0.309 e. The van der Waals surface area contributed by atoms with Crippen LogP contribution in [0, 0.1) is 22.8 Å². The van der Waals surface area contributed by atoms with Crippen LogP contribution in [0.3, 0.4) is 0 Å². The summed E-state index contributed by atoms with van der Waals surface area (Å²) in [7, 11) is 0. The molecule has 114 valence electrons. The molecule has 1 aliphatic rings. The molecule has 0 bridgehead atoms. The van der Waals surface area contributed by atoms with Crippen molar-refractivity contribution >= 4 is 22.5 Å². The van der Waals surface area contributed by atoms with Gasteiger partial charge in [0, 0.05) is 10.9 Å². The summed E-state index contributed by atoms with van der Waals surface area (Å²) in [6.07, 6.45) is 1.77. The van der Waals surface area contributed by atoms with Gasteiger partial charge in [0.2, 0.25) is 6.19 Å². The fraction of sp³-hybridized carbons (Fsp3) is 0.250. The van der Waals surface area contributed by atoms with Gasteiger partial charge in [0.15, 0.2) is 5.13 Å². The molecule has 0 spiro atoms. The molecule has 0 amide bonds. The van der Waals surface area contributed by atoms with Crippen molar-refractivity contribution in [3.05, 3.63) is 35.2 Å². The second-order valence-corrected chi connectivity index (χ2v) is 6.47. The van der Waals surface area contributed by atoms with Crippen LogP contribution in [0.15, 0.2) is 34.6 Å². The van der Waals surface area contributed by atoms with Crippen molar-refractivity contribution in [2.45, 2.75) is 19.4 Å². The number of anilines is 1. The monoisotopic (exact) mass is 323 g/mol. The minimum atomic E-state index is -0.324. The standard InChI is InChI=1S/C16H13N5OS/c1-16(2)9-22-14(19-10-18)21(16)15-20-13(8-23-15)12-5-3-11(7-17)4-6-12/h3-6,8H,9H2,1-2H3/b19-14-. The van der Waals surface area contributed by atoms with Crippen LogP contribution in [0.2, 0.25) is 0 Å². The average molecular weight is 323 g/mol. The van der Waals surface area contributed by atoms with E-state index in [1.807, 2.05) is 36.3 Å². The van der Waals surface area contributed by atoms with E-state index >= 15 is 0 Å². The second kappa shape index (κ2) is 5.71. The van der Waals surface area contributed by atoms with Gasteiger partial charge in [-0.1, -0.05) is 12.1 Å². The molecule has 2 aromatic rings. The Hall–Kier alpha value is -2.90. The minimum Gasteiger partial charge on any atom is -0.462 e. The summed E-state index contributed by atoms with van der Waals surface area (Å²) in [4.78, 5) is 10.2. The van der Waals surface area contributed by atoms with Gasteiger partial charge in [-0.15, -0.1) is 16.3 Å². The van der Waals surface area contributed by atoms with Gasteiger partial charge in [0.25, 0.3) is 0 Å². The molecule has 6 nitrogen and oxygen atoms in total. The highest BCUT2D eigenvalue weighted by molar-refractivity contribution is 7.14. The van der Waals surface area contributed by atoms with Crippen molar-refractivity contribution in [1.82, 2.24) is 4.98 Å². The number of rotatable bonds is 2. The minimum absolute atomic E-state index is 0.276. The quantitative estimate of drug-likeness (QED) is 0.793. The maximum atomic E-state index is 8.86. The largest absolute Gasteiger partial charge is 0.462 e. The molecule has 0 saturated carbocycles. The van der Waals surface area contributed by atoms with E-state index in [-0.39, 0.29) is 11.6 Å². The van der Waals surface area contributed by atoms with Crippen LogP contribution in [0.1, 0.15) is 19.4 Å². The van der Waals surface area contributed by atoms with Crippen LogP contribution in [0.5, 0.6) is 0 Å². The predicted molar refractivity (Wildman–Crippen MR) is 87.8 cm³/mol. The van der Waals surface area contributed by atoms with E-state index in [0.717, 1.165) is 16.4 Å². The third-order valence-corrected chi connectivity index (χ3v) is 4.32. The highest BCUT2D eigenvalue weighted by atomic mass is 32.1. The van der Waals surface area contributed by atoms with Gasteiger partial charge < -0.3 is 4.74 Å². The molecular weight excluding hydrogens is 310 g/mol. The lowest BCUT2D eigenvalue weighted by Crippen LogP contribution is -2.42. The van der Waals surface area contributed by atoms with Gasteiger partial charge >= 0.3 is 6.02 Å². The summed E-state index contributed by atoms with van der Waals surface area (Å²) in [6.45, 7) is 4.46. The fourth-order valence-corrected chi connectivity index (χ4v) is 3.30. The Morgan fingerprint density at radius 3 is 2.70 bits per heavy atom. The predicted octanol–water partition coefficient (Wildman–Crippen LogP) is 3.13. The molecule has 0 atom stereocenters. The molecule has 1 aromatic carbocycles. The number of nitrogens with zero attached hydrogens (tertiary/aromatic N) is 5. The van der Waals surface area contributed by atoms with Gasteiger partial charge in [0.1, 0.15) is 6.61 Å². The first kappa shape index (κ1) is 15.0. The number of ether oxygens (including phenoxy) is 1. The molecule has 1 saturated heterocycles. The Morgan fingerprint density at radius 2 is 2.04 bits per heavy atom. The number of aliphatic imine (C=N–C) groups is 1. The molecule has 0 radical (unpaired) electrons. The van der Waals surface area contributed by atoms with E-state index in [1.165, 1.54) is 11.3 Å². The number of hydrogen-bond donors (Lipinski definition) is 0. The number of nitriles is 2. The molecule has 0 aliphatic carbocycles. The molecule has 2 heterocycles. The molecule has 3 rings (SSSR count). The topological polar surface area (TPSA) is 85.3 Å². The number of amidine groups is 1. The maximum absolute atomic E-state index is 8.86. The lowest BCUT2D eigenvalue weighted by molar-refractivity contribution is 0.292. The Bertz CT molecular complexity index is 839. The summed E-state index contributed by atoms with van der Waals surface area (Å²) < 4.78 is 5.50. The summed E-state index contributed by atoms with van der Waals surface area (Å²) in [6, 6.07) is 9.64. The Morgan fingerprint density at radius 1 is 1.30 bits per heavy atom. The van der Waals surface area contributed by atoms with Gasteiger partial charge in [0.05, 0.1) is 22.9 Å². The zero-order valence-corrected chi connectivity index (χ0v) is 13.5. The highest BCUT2D eigenvalue weighted by Crippen LogP contribution is 2.35. The molecule has 23 heavy (non-hydrogen) atoms. The molecule has 1 fully saturated rings. The molecule has 7 heteroatoms. The average Bonchev–Trinajstić information content (AvgIpc) is 3.12. The van der Waals surface area contributed by atoms with E-state index in [9.17, 15) is 0 Å². The lowest BCUT2D eigenvalue weighted by Gasteiger charge is -2.26. The zero-order chi connectivity index (χ0) is 16.4. The van der Waals surface area contributed by atoms with E-state index in [4.69, 9.17) is 15.3 Å². The molecule has 1 aromatic heterocycles. The molecule has 0 N–H and O–H groups in total. The van der Waals surface area contributed by atoms with Gasteiger partial charge in [-0.3, -0.25) is 4.90 Å². The number of hydrogen-bond acceptors (Lipinski definition) is 6. The van der Waals surface area contributed by atoms with E-state index < -0.39 is 0 Å². The Kier molecular flexibility index (Phi) is 3.73. The van der Waals surface area contributed by atoms with Crippen molar-refractivity contribution in [3.63, 3.8) is 0 Å². The van der Waals surface area contributed by atoms with Crippen LogP contribution in [0.25, 0.3) is 11.3 Å². The summed E-state index contributed by atoms with van der Waals surface area (Å²) in [5, 5.41) is 20.3. The number of benzene rings is 1. The molecular formula is C16H13N5OS. The summed E-state index contributed by atoms with van der Waals surface area (Å²) >= 11 is 1.46. The molecule has 1 aliphatic heterocycles.